The van der Waals surface area contributed by atoms with Crippen LogP contribution in [0.3, 0.4) is 0 Å². The average molecular weight is 195 g/mol. The van der Waals surface area contributed by atoms with E-state index in [0.29, 0.717) is 5.92 Å². The van der Waals surface area contributed by atoms with Crippen LogP contribution < -0.4 is 0 Å². The fraction of sp³-hybridized carbons (Fsp3) is 1.00. The Hall–Kier alpha value is 0.467. The first-order valence-corrected chi connectivity index (χ1v) is 5.94. The van der Waals surface area contributed by atoms with Gasteiger partial charge in [0.25, 0.3) is 0 Å². The lowest BCUT2D eigenvalue weighted by Crippen LogP contribution is -2.29. The Bertz CT molecular complexity index is 109. The molecule has 0 fully saturated rings. The normalized spacial score (nSPS) is 16.6. The summed E-state index contributed by atoms with van der Waals surface area (Å²) in [5, 5.41) is 0.272. The van der Waals surface area contributed by atoms with Gasteiger partial charge in [0, 0.05) is 10.6 Å². The molecule has 1 nitrogen and oxygen atoms in total. The summed E-state index contributed by atoms with van der Waals surface area (Å²) in [4.78, 5) is 0. The van der Waals surface area contributed by atoms with Crippen LogP contribution in [-0.4, -0.2) is 20.4 Å². The van der Waals surface area contributed by atoms with E-state index in [2.05, 4.69) is 34.6 Å². The first-order chi connectivity index (χ1) is 4.83. The Morgan fingerprint density at radius 1 is 1.27 bits per heavy atom. The standard InChI is InChI=1S/C8H19ClOSi/c1-6(2)7(9)11-10-8(3,4)5/h6-7H,11H2,1-5H3. The Morgan fingerprint density at radius 3 is 2.00 bits per heavy atom. The first-order valence-electron chi connectivity index (χ1n) is 4.11. The third kappa shape index (κ3) is 6.85. The highest BCUT2D eigenvalue weighted by atomic mass is 35.5. The van der Waals surface area contributed by atoms with Gasteiger partial charge in [-0.05, 0) is 26.7 Å². The molecule has 0 N–H and O–H groups in total. The number of halogens is 1. The van der Waals surface area contributed by atoms with Crippen molar-refractivity contribution in [2.24, 2.45) is 5.92 Å². The zero-order chi connectivity index (χ0) is 9.07. The van der Waals surface area contributed by atoms with E-state index in [1.54, 1.807) is 0 Å². The minimum absolute atomic E-state index is 0.00570. The average Bonchev–Trinajstić information content (AvgIpc) is 1.80. The van der Waals surface area contributed by atoms with E-state index in [9.17, 15) is 0 Å². The molecule has 0 aromatic rings. The second kappa shape index (κ2) is 4.48. The zero-order valence-electron chi connectivity index (χ0n) is 8.15. The van der Waals surface area contributed by atoms with E-state index >= 15 is 0 Å². The van der Waals surface area contributed by atoms with Crippen molar-refractivity contribution in [2.75, 3.05) is 0 Å². The fourth-order valence-corrected chi connectivity index (χ4v) is 1.76. The minimum Gasteiger partial charge on any atom is -0.418 e. The summed E-state index contributed by atoms with van der Waals surface area (Å²) in [7, 11) is -0.551. The molecule has 11 heavy (non-hydrogen) atoms. The highest BCUT2D eigenvalue weighted by Crippen LogP contribution is 2.12. The van der Waals surface area contributed by atoms with Crippen molar-refractivity contribution in [2.45, 2.75) is 45.2 Å². The zero-order valence-corrected chi connectivity index (χ0v) is 10.3. The van der Waals surface area contributed by atoms with E-state index in [-0.39, 0.29) is 10.6 Å². The lowest BCUT2D eigenvalue weighted by atomic mass is 10.2. The van der Waals surface area contributed by atoms with E-state index in [4.69, 9.17) is 16.0 Å². The number of hydrogen-bond donors (Lipinski definition) is 0. The summed E-state index contributed by atoms with van der Waals surface area (Å²) in [5.41, 5.74) is -0.00570. The molecule has 1 unspecified atom stereocenters. The van der Waals surface area contributed by atoms with Crippen molar-refractivity contribution in [3.8, 4) is 0 Å². The molecule has 0 bridgehead atoms. The molecule has 3 heteroatoms. The summed E-state index contributed by atoms with van der Waals surface area (Å²) in [6.07, 6.45) is 0. The molecule has 0 saturated carbocycles. The van der Waals surface area contributed by atoms with Gasteiger partial charge >= 0.3 is 0 Å². The van der Waals surface area contributed by atoms with Crippen molar-refractivity contribution in [3.63, 3.8) is 0 Å². The number of alkyl halides is 1. The second-order valence-electron chi connectivity index (χ2n) is 4.18. The largest absolute Gasteiger partial charge is 0.418 e. The summed E-state index contributed by atoms with van der Waals surface area (Å²) in [6.45, 7) is 10.5. The van der Waals surface area contributed by atoms with Crippen molar-refractivity contribution < 1.29 is 4.43 Å². The second-order valence-corrected chi connectivity index (χ2v) is 6.76. The molecular weight excluding hydrogens is 176 g/mol. The molecule has 0 amide bonds. The van der Waals surface area contributed by atoms with Gasteiger partial charge in [0.15, 0.2) is 9.76 Å². The van der Waals surface area contributed by atoms with Crippen LogP contribution in [0.5, 0.6) is 0 Å². The quantitative estimate of drug-likeness (QED) is 0.494. The Labute approximate surface area is 77.4 Å². The van der Waals surface area contributed by atoms with Crippen molar-refractivity contribution >= 4 is 21.4 Å². The van der Waals surface area contributed by atoms with Crippen LogP contribution in [0.2, 0.25) is 0 Å². The van der Waals surface area contributed by atoms with Gasteiger partial charge in [-0.15, -0.1) is 11.6 Å². The van der Waals surface area contributed by atoms with E-state index < -0.39 is 9.76 Å². The smallest absolute Gasteiger partial charge is 0.180 e. The van der Waals surface area contributed by atoms with Crippen molar-refractivity contribution in [1.29, 1.82) is 0 Å². The SMILES string of the molecule is CC(C)C(Cl)[SiH2]OC(C)(C)C. The molecule has 68 valence electrons. The summed E-state index contributed by atoms with van der Waals surface area (Å²) in [6, 6.07) is 0. The van der Waals surface area contributed by atoms with Gasteiger partial charge in [-0.25, -0.2) is 0 Å². The topological polar surface area (TPSA) is 9.23 Å². The van der Waals surface area contributed by atoms with Crippen molar-refractivity contribution in [1.82, 2.24) is 0 Å². The van der Waals surface area contributed by atoms with Crippen LogP contribution >= 0.6 is 11.6 Å². The summed E-state index contributed by atoms with van der Waals surface area (Å²) >= 11 is 6.06. The summed E-state index contributed by atoms with van der Waals surface area (Å²) in [5.74, 6) is 0.547. The molecule has 0 aliphatic heterocycles. The van der Waals surface area contributed by atoms with Gasteiger partial charge in [0.05, 0.1) is 0 Å². The predicted molar refractivity (Wildman–Crippen MR) is 53.9 cm³/mol. The summed E-state index contributed by atoms with van der Waals surface area (Å²) < 4.78 is 5.66. The third-order valence-corrected chi connectivity index (χ3v) is 4.57. The maximum Gasteiger partial charge on any atom is 0.180 e. The lowest BCUT2D eigenvalue weighted by Gasteiger charge is -2.23. The molecule has 0 heterocycles. The highest BCUT2D eigenvalue weighted by molar-refractivity contribution is 6.48. The predicted octanol–water partition coefficient (Wildman–Crippen LogP) is 2.11. The van der Waals surface area contributed by atoms with Crippen molar-refractivity contribution in [3.05, 3.63) is 0 Å². The molecule has 0 aromatic heterocycles. The van der Waals surface area contributed by atoms with Crippen LogP contribution in [-0.2, 0) is 4.43 Å². The molecule has 0 saturated heterocycles. The van der Waals surface area contributed by atoms with Crippen LogP contribution in [0.4, 0.5) is 0 Å². The van der Waals surface area contributed by atoms with Crippen LogP contribution in [0.1, 0.15) is 34.6 Å². The lowest BCUT2D eigenvalue weighted by molar-refractivity contribution is 0.136. The molecular formula is C8H19ClOSi. The Morgan fingerprint density at radius 2 is 1.73 bits per heavy atom. The fourth-order valence-electron chi connectivity index (χ4n) is 0.522. The monoisotopic (exact) mass is 194 g/mol. The van der Waals surface area contributed by atoms with Gasteiger partial charge in [-0.3, -0.25) is 0 Å². The van der Waals surface area contributed by atoms with Crippen LogP contribution in [0.15, 0.2) is 0 Å². The van der Waals surface area contributed by atoms with Gasteiger partial charge in [0.1, 0.15) is 0 Å². The third-order valence-electron chi connectivity index (χ3n) is 1.40. The van der Waals surface area contributed by atoms with Gasteiger partial charge in [-0.2, -0.15) is 0 Å². The van der Waals surface area contributed by atoms with Crippen LogP contribution in [0, 0.1) is 5.92 Å². The van der Waals surface area contributed by atoms with Gasteiger partial charge in [0.2, 0.25) is 0 Å². The van der Waals surface area contributed by atoms with Gasteiger partial charge < -0.3 is 4.43 Å². The van der Waals surface area contributed by atoms with E-state index in [1.807, 2.05) is 0 Å². The first kappa shape index (κ1) is 11.5. The Balaban J connectivity index is 3.54. The highest BCUT2D eigenvalue weighted by Gasteiger charge is 2.16. The molecule has 0 aromatic carbocycles. The Kier molecular flexibility index (Phi) is 4.67. The minimum atomic E-state index is -0.551. The maximum atomic E-state index is 6.06. The number of hydrogen-bond acceptors (Lipinski definition) is 1. The molecule has 0 radical (unpaired) electrons. The van der Waals surface area contributed by atoms with E-state index in [1.165, 1.54) is 0 Å². The molecule has 1 atom stereocenters. The molecule has 0 aliphatic carbocycles. The molecule has 0 rings (SSSR count). The molecule has 0 spiro atoms. The molecule has 0 aliphatic rings. The maximum absolute atomic E-state index is 6.06. The van der Waals surface area contributed by atoms with E-state index in [0.717, 1.165) is 0 Å². The van der Waals surface area contributed by atoms with Crippen LogP contribution in [0.25, 0.3) is 0 Å². The number of rotatable bonds is 3. The van der Waals surface area contributed by atoms with Gasteiger partial charge in [-0.1, -0.05) is 13.8 Å².